The minimum atomic E-state index is -3.63. The van der Waals surface area contributed by atoms with Gasteiger partial charge in [0.05, 0.1) is 11.4 Å². The topological polar surface area (TPSA) is 80.8 Å². The summed E-state index contributed by atoms with van der Waals surface area (Å²) in [6.45, 7) is 7.14. The molecule has 0 radical (unpaired) electrons. The van der Waals surface area contributed by atoms with Crippen LogP contribution in [-0.2, 0) is 24.2 Å². The highest BCUT2D eigenvalue weighted by Crippen LogP contribution is 2.48. The van der Waals surface area contributed by atoms with Crippen LogP contribution in [0.15, 0.2) is 11.3 Å². The van der Waals surface area contributed by atoms with E-state index in [1.165, 1.54) is 7.11 Å². The van der Waals surface area contributed by atoms with Gasteiger partial charge in [0.2, 0.25) is 0 Å². The van der Waals surface area contributed by atoms with E-state index in [0.29, 0.717) is 18.4 Å². The molecule has 0 aromatic heterocycles. The molecule has 1 saturated heterocycles. The lowest BCUT2D eigenvalue weighted by Gasteiger charge is -2.56. The maximum absolute atomic E-state index is 12.9. The van der Waals surface area contributed by atoms with Crippen molar-refractivity contribution < 1.29 is 22.7 Å². The monoisotopic (exact) mass is 421 g/mol. The molecule has 1 amide bonds. The van der Waals surface area contributed by atoms with Crippen LogP contribution in [0.3, 0.4) is 0 Å². The molecule has 0 N–H and O–H groups in total. The van der Waals surface area contributed by atoms with Gasteiger partial charge >= 0.3 is 0 Å². The Morgan fingerprint density at radius 2 is 2.00 bits per heavy atom. The molecule has 0 aromatic rings. The summed E-state index contributed by atoms with van der Waals surface area (Å²) >= 11 is 3.26. The molecule has 24 heavy (non-hydrogen) atoms. The average Bonchev–Trinajstić information content (AvgIpc) is 2.49. The van der Waals surface area contributed by atoms with E-state index in [0.717, 1.165) is 4.90 Å². The normalized spacial score (nSPS) is 29.3. The fraction of sp³-hybridized carbons (Fsp3) is 0.750. The third kappa shape index (κ3) is 2.66. The number of sulfone groups is 1. The zero-order chi connectivity index (χ0) is 18.5. The molecule has 2 rings (SSSR count). The van der Waals surface area contributed by atoms with Crippen molar-refractivity contribution in [3.8, 4) is 0 Å². The number of fused-ring (bicyclic) bond motifs is 1. The van der Waals surface area contributed by atoms with E-state index in [1.807, 2.05) is 6.92 Å². The van der Waals surface area contributed by atoms with Crippen LogP contribution in [0.2, 0.25) is 0 Å². The van der Waals surface area contributed by atoms with Crippen LogP contribution >= 0.6 is 15.9 Å². The number of β-lactam (4-membered cyclic amide) rings is 1. The van der Waals surface area contributed by atoms with Crippen LogP contribution in [-0.4, -0.2) is 54.2 Å². The first kappa shape index (κ1) is 19.6. The molecule has 2 aliphatic rings. The second-order valence-electron chi connectivity index (χ2n) is 7.34. The van der Waals surface area contributed by atoms with Crippen molar-refractivity contribution in [2.45, 2.75) is 51.5 Å². The SMILES string of the molecule is CCC[C@@]1(OC)C(=O)N2C(C(=O)C(C)(C)C)=C(CBr)CS(=O)(=O)[C@H]21. The number of Topliss-reactive ketones (excluding diaryl/α,β-unsaturated/α-hetero) is 1. The van der Waals surface area contributed by atoms with Gasteiger partial charge in [0.1, 0.15) is 0 Å². The highest BCUT2D eigenvalue weighted by molar-refractivity contribution is 9.09. The van der Waals surface area contributed by atoms with Crippen LogP contribution in [0, 0.1) is 5.41 Å². The summed E-state index contributed by atoms with van der Waals surface area (Å²) < 4.78 is 31.0. The number of hydrogen-bond acceptors (Lipinski definition) is 5. The summed E-state index contributed by atoms with van der Waals surface area (Å²) in [5, 5.41) is -0.889. The summed E-state index contributed by atoms with van der Waals surface area (Å²) in [4.78, 5) is 26.9. The molecule has 0 aromatic carbocycles. The zero-order valence-electron chi connectivity index (χ0n) is 14.7. The Morgan fingerprint density at radius 1 is 1.42 bits per heavy atom. The predicted molar refractivity (Wildman–Crippen MR) is 94.4 cm³/mol. The summed E-state index contributed by atoms with van der Waals surface area (Å²) in [5.41, 5.74) is -1.45. The fourth-order valence-corrected chi connectivity index (χ4v) is 6.43. The van der Waals surface area contributed by atoms with Crippen LogP contribution in [0.5, 0.6) is 0 Å². The van der Waals surface area contributed by atoms with E-state index in [4.69, 9.17) is 4.74 Å². The van der Waals surface area contributed by atoms with Crippen LogP contribution in [0.25, 0.3) is 0 Å². The number of nitrogens with zero attached hydrogens (tertiary/aromatic N) is 1. The quantitative estimate of drug-likeness (QED) is 0.500. The molecule has 136 valence electrons. The Bertz CT molecular complexity index is 706. The van der Waals surface area contributed by atoms with Crippen molar-refractivity contribution in [1.29, 1.82) is 0 Å². The van der Waals surface area contributed by atoms with Crippen molar-refractivity contribution in [2.24, 2.45) is 5.41 Å². The van der Waals surface area contributed by atoms with Gasteiger partial charge in [-0.25, -0.2) is 8.42 Å². The van der Waals surface area contributed by atoms with Crippen molar-refractivity contribution in [3.63, 3.8) is 0 Å². The standard InChI is InChI=1S/C16H24BrNO5S/c1-6-7-16(23-5)13(20)18-11(12(19)15(2,3)4)10(8-17)9-24(21,22)14(16)18/h14H,6-9H2,1-5H3/t14-,16+/m0/s1. The minimum absolute atomic E-state index is 0.216. The number of ketones is 1. The maximum Gasteiger partial charge on any atom is 0.263 e. The van der Waals surface area contributed by atoms with Crippen LogP contribution in [0.1, 0.15) is 40.5 Å². The number of carbonyl (C=O) groups is 2. The Labute approximate surface area is 151 Å². The van der Waals surface area contributed by atoms with Gasteiger partial charge in [0, 0.05) is 17.9 Å². The van der Waals surface area contributed by atoms with Gasteiger partial charge in [-0.1, -0.05) is 50.0 Å². The number of methoxy groups -OCH3 is 1. The van der Waals surface area contributed by atoms with E-state index < -0.39 is 32.1 Å². The van der Waals surface area contributed by atoms with Crippen LogP contribution < -0.4 is 0 Å². The van der Waals surface area contributed by atoms with Gasteiger partial charge in [-0.05, 0) is 12.0 Å². The smallest absolute Gasteiger partial charge is 0.263 e. The molecule has 2 aliphatic heterocycles. The van der Waals surface area contributed by atoms with E-state index in [1.54, 1.807) is 20.8 Å². The van der Waals surface area contributed by atoms with E-state index >= 15 is 0 Å². The zero-order valence-corrected chi connectivity index (χ0v) is 17.1. The van der Waals surface area contributed by atoms with Gasteiger partial charge in [-0.15, -0.1) is 0 Å². The summed E-state index contributed by atoms with van der Waals surface area (Å²) in [7, 11) is -2.28. The minimum Gasteiger partial charge on any atom is -0.365 e. The average molecular weight is 422 g/mol. The number of alkyl halides is 1. The lowest BCUT2D eigenvalue weighted by Crippen LogP contribution is -2.78. The molecule has 1 fully saturated rings. The number of rotatable bonds is 5. The summed E-state index contributed by atoms with van der Waals surface area (Å²) in [5.74, 6) is -0.906. The molecule has 8 heteroatoms. The molecule has 0 bridgehead atoms. The highest BCUT2D eigenvalue weighted by atomic mass is 79.9. The number of ether oxygens (including phenoxy) is 1. The number of carbonyl (C=O) groups excluding carboxylic acids is 2. The number of hydrogen-bond donors (Lipinski definition) is 0. The first-order valence-corrected chi connectivity index (χ1v) is 10.7. The van der Waals surface area contributed by atoms with E-state index in [2.05, 4.69) is 15.9 Å². The predicted octanol–water partition coefficient (Wildman–Crippen LogP) is 2.03. The Balaban J connectivity index is 2.65. The second kappa shape index (κ2) is 6.21. The van der Waals surface area contributed by atoms with E-state index in [-0.39, 0.29) is 22.6 Å². The molecular weight excluding hydrogens is 398 g/mol. The van der Waals surface area contributed by atoms with Crippen molar-refractivity contribution >= 4 is 37.5 Å². The summed E-state index contributed by atoms with van der Waals surface area (Å²) in [6, 6.07) is 0. The maximum atomic E-state index is 12.9. The molecule has 6 nitrogen and oxygen atoms in total. The summed E-state index contributed by atoms with van der Waals surface area (Å²) in [6.07, 6.45) is 0.917. The molecular formula is C16H24BrNO5S. The van der Waals surface area contributed by atoms with Crippen molar-refractivity contribution in [2.75, 3.05) is 18.2 Å². The van der Waals surface area contributed by atoms with Gasteiger partial charge < -0.3 is 4.74 Å². The fourth-order valence-electron chi connectivity index (χ4n) is 3.41. The first-order chi connectivity index (χ1) is 11.0. The van der Waals surface area contributed by atoms with Crippen molar-refractivity contribution in [1.82, 2.24) is 4.90 Å². The lowest BCUT2D eigenvalue weighted by atomic mass is 9.81. The first-order valence-electron chi connectivity index (χ1n) is 7.91. The molecule has 2 atom stereocenters. The van der Waals surface area contributed by atoms with E-state index in [9.17, 15) is 18.0 Å². The molecule has 0 spiro atoms. The number of halogens is 1. The van der Waals surface area contributed by atoms with Gasteiger partial charge in [0.15, 0.2) is 26.6 Å². The lowest BCUT2D eigenvalue weighted by molar-refractivity contribution is -0.185. The Hall–Kier alpha value is -0.730. The Morgan fingerprint density at radius 3 is 2.42 bits per heavy atom. The third-order valence-corrected chi connectivity index (χ3v) is 7.25. The number of allylic oxidation sites excluding steroid dienone is 1. The van der Waals surface area contributed by atoms with Crippen LogP contribution in [0.4, 0.5) is 0 Å². The largest absolute Gasteiger partial charge is 0.365 e. The molecule has 0 unspecified atom stereocenters. The van der Waals surface area contributed by atoms with Crippen molar-refractivity contribution in [3.05, 3.63) is 11.3 Å². The molecule has 2 heterocycles. The van der Waals surface area contributed by atoms with Gasteiger partial charge in [-0.3, -0.25) is 14.5 Å². The van der Waals surface area contributed by atoms with Gasteiger partial charge in [0.25, 0.3) is 5.91 Å². The highest BCUT2D eigenvalue weighted by Gasteiger charge is 2.69. The number of amides is 1. The molecule has 0 saturated carbocycles. The third-order valence-electron chi connectivity index (χ3n) is 4.55. The Kier molecular flexibility index (Phi) is 5.07. The molecule has 0 aliphatic carbocycles. The van der Waals surface area contributed by atoms with Gasteiger partial charge in [-0.2, -0.15) is 0 Å². The second-order valence-corrected chi connectivity index (χ2v) is 9.96.